The van der Waals surface area contributed by atoms with E-state index in [1.54, 1.807) is 26.8 Å². The second-order valence-electron chi connectivity index (χ2n) is 14.7. The third-order valence-electron chi connectivity index (χ3n) is 8.28. The second-order valence-corrected chi connectivity index (χ2v) is 14.7. The van der Waals surface area contributed by atoms with E-state index in [1.165, 1.54) is 12.2 Å². The molecule has 18 heteroatoms. The van der Waals surface area contributed by atoms with E-state index < -0.39 is 59.3 Å². The Labute approximate surface area is 323 Å². The summed E-state index contributed by atoms with van der Waals surface area (Å²) in [6, 6.07) is -2.88. The summed E-state index contributed by atoms with van der Waals surface area (Å²) >= 11 is 0. The number of rotatable bonds is 1. The van der Waals surface area contributed by atoms with Crippen LogP contribution in [-0.4, -0.2) is 130 Å². The topological polar surface area (TPSA) is 265 Å². The highest BCUT2D eigenvalue weighted by atomic mass is 16.5. The molecular weight excluding hydrogens is 720 g/mol. The van der Waals surface area contributed by atoms with Gasteiger partial charge in [0.05, 0.1) is 26.4 Å². The molecule has 1 heterocycles. The Bertz CT molecular complexity index is 1390. The minimum atomic E-state index is -1.13. The maximum atomic E-state index is 13.0. The van der Waals surface area contributed by atoms with Crippen LogP contribution in [0.1, 0.15) is 99.3 Å². The van der Waals surface area contributed by atoms with Crippen molar-refractivity contribution in [2.24, 2.45) is 11.5 Å². The van der Waals surface area contributed by atoms with Gasteiger partial charge in [-0.15, -0.1) is 0 Å². The number of carbonyl (C=O) groups excluding carboxylic acids is 6. The van der Waals surface area contributed by atoms with Crippen LogP contribution in [0.25, 0.3) is 0 Å². The summed E-state index contributed by atoms with van der Waals surface area (Å²) in [6.45, 7) is 10.1. The summed E-state index contributed by atoms with van der Waals surface area (Å²) < 4.78 is 15.9. The molecule has 8 N–H and O–H groups in total. The normalized spacial score (nSPS) is 26.8. The molecule has 312 valence electrons. The zero-order chi connectivity index (χ0) is 41.7. The number of hydrogen-bond donors (Lipinski definition) is 6. The molecule has 0 fully saturated rings. The van der Waals surface area contributed by atoms with E-state index in [4.69, 9.17) is 25.7 Å². The fourth-order valence-electron chi connectivity index (χ4n) is 4.96. The van der Waals surface area contributed by atoms with Crippen LogP contribution in [-0.2, 0) is 43.0 Å². The van der Waals surface area contributed by atoms with Gasteiger partial charge in [0, 0.05) is 56.5 Å². The predicted octanol–water partition coefficient (Wildman–Crippen LogP) is 2.04. The average molecular weight is 783 g/mol. The van der Waals surface area contributed by atoms with Gasteiger partial charge in [0.2, 0.25) is 5.91 Å². The molecule has 0 aromatic carbocycles. The van der Waals surface area contributed by atoms with Crippen molar-refractivity contribution in [2.45, 2.75) is 123 Å². The van der Waals surface area contributed by atoms with Crippen molar-refractivity contribution in [3.8, 4) is 0 Å². The second kappa shape index (κ2) is 25.1. The molecule has 0 aromatic rings. The molecule has 55 heavy (non-hydrogen) atoms. The van der Waals surface area contributed by atoms with E-state index in [-0.39, 0.29) is 90.8 Å². The lowest BCUT2D eigenvalue weighted by atomic mass is 10.0. The standard InChI is InChI=1S/C37H62N6O12/c1-25-11-12-31(44)43(52)19-13-29(39)35(48)54-22-16-27(3)23-32(45)41(50)17-7-9-28(38)34(47)53-21-15-26(2)24-33(46)42(51)18-8-10-30(40-37(4,5)6)36(49)55-20-14-25/h11,23-24,28-30,40,50-52H,7-10,12-22,38-39H2,1-6H3/b25-11-,26-24+,27-23-. The maximum Gasteiger partial charge on any atom is 0.323 e. The number of amides is 3. The van der Waals surface area contributed by atoms with Gasteiger partial charge in [-0.1, -0.05) is 22.8 Å². The first kappa shape index (κ1) is 48.8. The van der Waals surface area contributed by atoms with Gasteiger partial charge < -0.3 is 25.7 Å². The van der Waals surface area contributed by atoms with E-state index in [0.29, 0.717) is 32.8 Å². The van der Waals surface area contributed by atoms with Gasteiger partial charge in [0.1, 0.15) is 18.1 Å². The summed E-state index contributed by atoms with van der Waals surface area (Å²) in [5.41, 5.74) is 13.1. The Morgan fingerprint density at radius 2 is 1.07 bits per heavy atom. The lowest BCUT2D eigenvalue weighted by Gasteiger charge is -2.27. The van der Waals surface area contributed by atoms with Gasteiger partial charge in [-0.05, 0) is 73.6 Å². The number of hydrogen-bond acceptors (Lipinski definition) is 15. The molecule has 1 aliphatic rings. The van der Waals surface area contributed by atoms with Crippen molar-refractivity contribution in [1.82, 2.24) is 20.5 Å². The van der Waals surface area contributed by atoms with Crippen molar-refractivity contribution in [3.05, 3.63) is 34.9 Å². The van der Waals surface area contributed by atoms with Crippen LogP contribution < -0.4 is 16.8 Å². The van der Waals surface area contributed by atoms with Crippen molar-refractivity contribution in [3.63, 3.8) is 0 Å². The van der Waals surface area contributed by atoms with Gasteiger partial charge in [-0.25, -0.2) is 15.2 Å². The molecule has 3 atom stereocenters. The molecule has 0 spiro atoms. The van der Waals surface area contributed by atoms with Gasteiger partial charge >= 0.3 is 17.9 Å². The first-order valence-corrected chi connectivity index (χ1v) is 18.5. The monoisotopic (exact) mass is 782 g/mol. The number of esters is 3. The van der Waals surface area contributed by atoms with E-state index in [0.717, 1.165) is 5.57 Å². The van der Waals surface area contributed by atoms with Crippen LogP contribution in [0, 0.1) is 0 Å². The molecule has 0 radical (unpaired) electrons. The molecular formula is C37H62N6O12. The molecule has 3 amide bonds. The molecule has 3 unspecified atom stereocenters. The van der Waals surface area contributed by atoms with Gasteiger partial charge in [-0.2, -0.15) is 0 Å². The molecule has 0 saturated carbocycles. The Morgan fingerprint density at radius 1 is 0.636 bits per heavy atom. The zero-order valence-electron chi connectivity index (χ0n) is 33.1. The molecule has 1 rings (SSSR count). The third-order valence-corrected chi connectivity index (χ3v) is 8.28. The van der Waals surface area contributed by atoms with E-state index >= 15 is 0 Å². The quantitative estimate of drug-likeness (QED) is 0.0962. The number of hydroxylamine groups is 6. The number of nitrogens with two attached hydrogens (primary N) is 2. The summed E-state index contributed by atoms with van der Waals surface area (Å²) in [6.07, 6.45) is 5.24. The van der Waals surface area contributed by atoms with Crippen molar-refractivity contribution < 1.29 is 58.6 Å². The fraction of sp³-hybridized carbons (Fsp3) is 0.676. The molecule has 1 aliphatic heterocycles. The maximum absolute atomic E-state index is 13.0. The Kier molecular flexibility index (Phi) is 22.2. The highest BCUT2D eigenvalue weighted by Gasteiger charge is 2.26. The van der Waals surface area contributed by atoms with Crippen molar-refractivity contribution in [2.75, 3.05) is 39.5 Å². The van der Waals surface area contributed by atoms with Crippen molar-refractivity contribution >= 4 is 35.6 Å². The van der Waals surface area contributed by atoms with Gasteiger partial charge in [0.15, 0.2) is 0 Å². The lowest BCUT2D eigenvalue weighted by Crippen LogP contribution is -2.48. The van der Waals surface area contributed by atoms with Crippen LogP contribution in [0.15, 0.2) is 34.9 Å². The minimum Gasteiger partial charge on any atom is -0.464 e. The SMILES string of the molecule is C/C1=C/C(=O)N(O)CCCC(N)C(=O)OCC/C(C)=C/C(=O)N(O)CCCC(NC(C)(C)C)C(=O)OCC/C(C)=C\CC(=O)N(O)CCC(N)C(=O)OCC1. The fourth-order valence-corrected chi connectivity index (χ4v) is 4.96. The minimum absolute atomic E-state index is 0.0267. The number of nitrogens with zero attached hydrogens (tertiary/aromatic N) is 3. The summed E-state index contributed by atoms with van der Waals surface area (Å²) in [5, 5.41) is 35.3. The summed E-state index contributed by atoms with van der Waals surface area (Å²) in [7, 11) is 0. The first-order valence-electron chi connectivity index (χ1n) is 18.5. The lowest BCUT2D eigenvalue weighted by molar-refractivity contribution is -0.165. The number of cyclic esters (lactones) is 3. The molecule has 0 aliphatic carbocycles. The molecule has 18 nitrogen and oxygen atoms in total. The molecule has 0 aromatic heterocycles. The highest BCUT2D eigenvalue weighted by Crippen LogP contribution is 2.12. The molecule has 0 bridgehead atoms. The van der Waals surface area contributed by atoms with Crippen LogP contribution >= 0.6 is 0 Å². The largest absolute Gasteiger partial charge is 0.464 e. The number of nitrogens with one attached hydrogen (secondary N) is 1. The van der Waals surface area contributed by atoms with E-state index in [1.807, 2.05) is 20.8 Å². The smallest absolute Gasteiger partial charge is 0.323 e. The van der Waals surface area contributed by atoms with E-state index in [2.05, 4.69) is 5.32 Å². The number of ether oxygens (including phenoxy) is 3. The third kappa shape index (κ3) is 21.5. The van der Waals surface area contributed by atoms with Crippen molar-refractivity contribution in [1.29, 1.82) is 0 Å². The summed E-state index contributed by atoms with van der Waals surface area (Å²) in [4.78, 5) is 75.1. The van der Waals surface area contributed by atoms with Gasteiger partial charge in [0.25, 0.3) is 11.8 Å². The molecule has 0 saturated heterocycles. The Balaban J connectivity index is 2.98. The zero-order valence-corrected chi connectivity index (χ0v) is 33.1. The van der Waals surface area contributed by atoms with Crippen LogP contribution in [0.4, 0.5) is 0 Å². The van der Waals surface area contributed by atoms with E-state index in [9.17, 15) is 44.4 Å². The number of carbonyl (C=O) groups is 6. The summed E-state index contributed by atoms with van der Waals surface area (Å²) in [5.74, 6) is -4.01. The predicted molar refractivity (Wildman–Crippen MR) is 199 cm³/mol. The average Bonchev–Trinajstić information content (AvgIpc) is 3.10. The van der Waals surface area contributed by atoms with Crippen LogP contribution in [0.3, 0.4) is 0 Å². The van der Waals surface area contributed by atoms with Gasteiger partial charge in [-0.3, -0.25) is 49.7 Å². The Hall–Kier alpha value is -4.20. The first-order chi connectivity index (χ1) is 25.7. The van der Waals surface area contributed by atoms with Crippen LogP contribution in [0.2, 0.25) is 0 Å². The Morgan fingerprint density at radius 3 is 1.56 bits per heavy atom. The highest BCUT2D eigenvalue weighted by molar-refractivity contribution is 5.87. The van der Waals surface area contributed by atoms with Crippen LogP contribution in [0.5, 0.6) is 0 Å².